The van der Waals surface area contributed by atoms with E-state index in [0.29, 0.717) is 10.8 Å². The number of benzene rings is 1. The van der Waals surface area contributed by atoms with Gasteiger partial charge >= 0.3 is 0 Å². The molecule has 0 unspecified atom stereocenters. The number of halogens is 1. The molecule has 0 radical (unpaired) electrons. The summed E-state index contributed by atoms with van der Waals surface area (Å²) in [6, 6.07) is 5.09. The zero-order valence-corrected chi connectivity index (χ0v) is 8.78. The van der Waals surface area contributed by atoms with Crippen LogP contribution in [0.3, 0.4) is 0 Å². The number of carbonyl (C=O) groups is 1. The minimum Gasteiger partial charge on any atom is -0.495 e. The summed E-state index contributed by atoms with van der Waals surface area (Å²) in [6.07, 6.45) is 2.72. The highest BCUT2D eigenvalue weighted by molar-refractivity contribution is 6.32. The molecule has 0 aliphatic heterocycles. The molecule has 1 aromatic rings. The van der Waals surface area contributed by atoms with E-state index in [4.69, 9.17) is 21.5 Å². The van der Waals surface area contributed by atoms with Crippen molar-refractivity contribution in [2.24, 2.45) is 0 Å². The van der Waals surface area contributed by atoms with E-state index in [2.05, 4.69) is 0 Å². The molecule has 0 aliphatic carbocycles. The van der Waals surface area contributed by atoms with Crippen LogP contribution < -0.4 is 10.2 Å². The molecule has 80 valence electrons. The second-order valence-electron chi connectivity index (χ2n) is 2.70. The van der Waals surface area contributed by atoms with Crippen molar-refractivity contribution in [3.05, 3.63) is 34.9 Å². The Labute approximate surface area is 92.1 Å². The van der Waals surface area contributed by atoms with E-state index in [1.165, 1.54) is 24.7 Å². The van der Waals surface area contributed by atoms with Crippen LogP contribution in [-0.4, -0.2) is 18.2 Å². The first kappa shape index (κ1) is 11.6. The van der Waals surface area contributed by atoms with Gasteiger partial charge in [-0.05, 0) is 23.8 Å². The molecule has 4 nitrogen and oxygen atoms in total. The molecule has 1 rings (SSSR count). The number of carbonyl (C=O) groups excluding carboxylic acids is 1. The first-order valence-electron chi connectivity index (χ1n) is 4.13. The topological polar surface area (TPSA) is 58.6 Å². The molecule has 0 heterocycles. The highest BCUT2D eigenvalue weighted by Crippen LogP contribution is 2.25. The number of hydrogen-bond donors (Lipinski definition) is 2. The monoisotopic (exact) mass is 227 g/mol. The predicted molar refractivity (Wildman–Crippen MR) is 57.0 cm³/mol. The SMILES string of the molecule is COc1ccc(/C=C/C(=O)NO)cc1Cl. The van der Waals surface area contributed by atoms with E-state index in [9.17, 15) is 4.79 Å². The fraction of sp³-hybridized carbons (Fsp3) is 0.100. The van der Waals surface area contributed by atoms with Crippen molar-refractivity contribution in [2.75, 3.05) is 7.11 Å². The van der Waals surface area contributed by atoms with Crippen molar-refractivity contribution in [2.45, 2.75) is 0 Å². The van der Waals surface area contributed by atoms with Crippen molar-refractivity contribution in [3.8, 4) is 5.75 Å². The molecule has 5 heteroatoms. The van der Waals surface area contributed by atoms with Crippen molar-refractivity contribution >= 4 is 23.6 Å². The Morgan fingerprint density at radius 3 is 2.87 bits per heavy atom. The van der Waals surface area contributed by atoms with Gasteiger partial charge in [-0.3, -0.25) is 10.0 Å². The van der Waals surface area contributed by atoms with Crippen molar-refractivity contribution in [1.82, 2.24) is 5.48 Å². The summed E-state index contributed by atoms with van der Waals surface area (Å²) in [5.41, 5.74) is 2.23. The minimum atomic E-state index is -0.595. The minimum absolute atomic E-state index is 0.462. The van der Waals surface area contributed by atoms with Gasteiger partial charge in [0, 0.05) is 6.08 Å². The number of hydrogen-bond acceptors (Lipinski definition) is 3. The summed E-state index contributed by atoms with van der Waals surface area (Å²) in [6.45, 7) is 0. The van der Waals surface area contributed by atoms with Gasteiger partial charge in [-0.1, -0.05) is 17.7 Å². The molecule has 0 bridgehead atoms. The molecule has 1 amide bonds. The number of rotatable bonds is 3. The van der Waals surface area contributed by atoms with Crippen molar-refractivity contribution in [1.29, 1.82) is 0 Å². The lowest BCUT2D eigenvalue weighted by atomic mass is 10.2. The molecule has 0 aliphatic rings. The molecule has 15 heavy (non-hydrogen) atoms. The Hall–Kier alpha value is -1.52. The zero-order valence-electron chi connectivity index (χ0n) is 8.03. The van der Waals surface area contributed by atoms with E-state index < -0.39 is 5.91 Å². The average Bonchev–Trinajstić information content (AvgIpc) is 2.26. The third-order valence-electron chi connectivity index (χ3n) is 1.71. The van der Waals surface area contributed by atoms with Gasteiger partial charge in [0.25, 0.3) is 5.91 Å². The smallest absolute Gasteiger partial charge is 0.267 e. The van der Waals surface area contributed by atoms with Gasteiger partial charge in [0.15, 0.2) is 0 Å². The predicted octanol–water partition coefficient (Wildman–Crippen LogP) is 1.87. The highest BCUT2D eigenvalue weighted by atomic mass is 35.5. The van der Waals surface area contributed by atoms with Gasteiger partial charge in [0.1, 0.15) is 5.75 Å². The maximum Gasteiger partial charge on any atom is 0.267 e. The second kappa shape index (κ2) is 5.38. The van der Waals surface area contributed by atoms with Crippen molar-refractivity contribution in [3.63, 3.8) is 0 Å². The van der Waals surface area contributed by atoms with Crippen LogP contribution in [0.25, 0.3) is 6.08 Å². The summed E-state index contributed by atoms with van der Waals surface area (Å²) in [5, 5.41) is 8.71. The van der Waals surface area contributed by atoms with Gasteiger partial charge in [-0.2, -0.15) is 0 Å². The Morgan fingerprint density at radius 2 is 2.33 bits per heavy atom. The molecule has 0 spiro atoms. The van der Waals surface area contributed by atoms with E-state index in [1.807, 2.05) is 0 Å². The third-order valence-corrected chi connectivity index (χ3v) is 2.01. The number of methoxy groups -OCH3 is 1. The summed E-state index contributed by atoms with van der Waals surface area (Å²) in [7, 11) is 1.52. The van der Waals surface area contributed by atoms with Crippen LogP contribution in [0, 0.1) is 0 Å². The standard InChI is InChI=1S/C10H10ClNO3/c1-15-9-4-2-7(6-8(9)11)3-5-10(13)12-14/h2-6,14H,1H3,(H,12,13)/b5-3+. The third kappa shape index (κ3) is 3.27. The van der Waals surface area contributed by atoms with Crippen LogP contribution in [0.5, 0.6) is 5.75 Å². The Balaban J connectivity index is 2.84. The van der Waals surface area contributed by atoms with E-state index in [0.717, 1.165) is 5.56 Å². The Kier molecular flexibility index (Phi) is 4.15. The summed E-state index contributed by atoms with van der Waals surface area (Å²) in [4.78, 5) is 10.7. The van der Waals surface area contributed by atoms with Gasteiger partial charge in [-0.25, -0.2) is 5.48 Å². The fourth-order valence-electron chi connectivity index (χ4n) is 0.995. The quantitative estimate of drug-likeness (QED) is 0.471. The fourth-order valence-corrected chi connectivity index (χ4v) is 1.26. The molecule has 1 aromatic carbocycles. The molecule has 0 atom stereocenters. The molecule has 0 saturated heterocycles. The lowest BCUT2D eigenvalue weighted by Crippen LogP contribution is -2.14. The number of amides is 1. The molecule has 2 N–H and O–H groups in total. The van der Waals surface area contributed by atoms with Gasteiger partial charge in [0.05, 0.1) is 12.1 Å². The lowest BCUT2D eigenvalue weighted by Gasteiger charge is -2.02. The van der Waals surface area contributed by atoms with Gasteiger partial charge in [0.2, 0.25) is 0 Å². The van der Waals surface area contributed by atoms with Crippen LogP contribution >= 0.6 is 11.6 Å². The summed E-state index contributed by atoms with van der Waals surface area (Å²) < 4.78 is 4.97. The number of hydroxylamine groups is 1. The molecule has 0 aromatic heterocycles. The first-order valence-corrected chi connectivity index (χ1v) is 4.51. The summed E-state index contributed by atoms with van der Waals surface area (Å²) >= 11 is 5.87. The van der Waals surface area contributed by atoms with Crippen LogP contribution in [0.4, 0.5) is 0 Å². The van der Waals surface area contributed by atoms with Crippen LogP contribution in [0.1, 0.15) is 5.56 Å². The number of nitrogens with one attached hydrogen (secondary N) is 1. The van der Waals surface area contributed by atoms with E-state index in [1.54, 1.807) is 18.2 Å². The maximum atomic E-state index is 10.7. The van der Waals surface area contributed by atoms with Crippen molar-refractivity contribution < 1.29 is 14.7 Å². The molecule has 0 fully saturated rings. The molecular formula is C10H10ClNO3. The Morgan fingerprint density at radius 1 is 1.60 bits per heavy atom. The number of ether oxygens (including phenoxy) is 1. The summed E-state index contributed by atoms with van der Waals surface area (Å²) in [5.74, 6) is -0.0256. The van der Waals surface area contributed by atoms with E-state index in [-0.39, 0.29) is 0 Å². The van der Waals surface area contributed by atoms with Gasteiger partial charge < -0.3 is 4.74 Å². The average molecular weight is 228 g/mol. The Bertz CT molecular complexity index is 390. The van der Waals surface area contributed by atoms with E-state index >= 15 is 0 Å². The zero-order chi connectivity index (χ0) is 11.3. The highest BCUT2D eigenvalue weighted by Gasteiger charge is 1.99. The normalized spacial score (nSPS) is 10.3. The van der Waals surface area contributed by atoms with Crippen LogP contribution in [-0.2, 0) is 4.79 Å². The maximum absolute atomic E-state index is 10.7. The largest absolute Gasteiger partial charge is 0.495 e. The molecule has 0 saturated carbocycles. The van der Waals surface area contributed by atoms with Crippen LogP contribution in [0.2, 0.25) is 5.02 Å². The molecular weight excluding hydrogens is 218 g/mol. The second-order valence-corrected chi connectivity index (χ2v) is 3.11. The first-order chi connectivity index (χ1) is 7.17. The van der Waals surface area contributed by atoms with Crippen LogP contribution in [0.15, 0.2) is 24.3 Å². The lowest BCUT2D eigenvalue weighted by molar-refractivity contribution is -0.124. The van der Waals surface area contributed by atoms with Gasteiger partial charge in [-0.15, -0.1) is 0 Å².